The molecule has 0 saturated heterocycles. The van der Waals surface area contributed by atoms with Gasteiger partial charge in [0.05, 0.1) is 4.90 Å². The van der Waals surface area contributed by atoms with Gasteiger partial charge < -0.3 is 0 Å². The lowest BCUT2D eigenvalue weighted by atomic mass is 10.1. The Morgan fingerprint density at radius 2 is 1.69 bits per heavy atom. The average molecular weight is 363 g/mol. The smallest absolute Gasteiger partial charge is 0.175 e. The summed E-state index contributed by atoms with van der Waals surface area (Å²) in [6.45, 7) is 2.04. The summed E-state index contributed by atoms with van der Waals surface area (Å²) in [5, 5.41) is 8.58. The lowest BCUT2D eigenvalue weighted by molar-refractivity contribution is 0.602. The van der Waals surface area contributed by atoms with E-state index in [-0.39, 0.29) is 0 Å². The molecule has 0 radical (unpaired) electrons. The normalized spacial score (nSPS) is 11.8. The molecule has 5 nitrogen and oxygen atoms in total. The van der Waals surface area contributed by atoms with Gasteiger partial charge in [0.1, 0.15) is 0 Å². The van der Waals surface area contributed by atoms with E-state index >= 15 is 0 Å². The number of pyridine rings is 1. The van der Waals surface area contributed by atoms with Crippen LogP contribution in [0, 0.1) is 6.92 Å². The highest BCUT2D eigenvalue weighted by Crippen LogP contribution is 2.26. The topological polar surface area (TPSA) is 64.3 Å². The Morgan fingerprint density at radius 1 is 0.885 bits per heavy atom. The third-order valence-corrected chi connectivity index (χ3v) is 5.49. The van der Waals surface area contributed by atoms with Crippen molar-refractivity contribution in [2.75, 3.05) is 6.26 Å². The second-order valence-electron chi connectivity index (χ2n) is 6.28. The zero-order valence-electron chi connectivity index (χ0n) is 14.4. The first kappa shape index (κ1) is 16.5. The number of nitrogens with zero attached hydrogens (tertiary/aromatic N) is 3. The molecule has 2 aromatic carbocycles. The van der Waals surface area contributed by atoms with Crippen molar-refractivity contribution in [3.05, 3.63) is 72.4 Å². The third-order valence-electron chi connectivity index (χ3n) is 4.38. The van der Waals surface area contributed by atoms with Crippen molar-refractivity contribution < 1.29 is 8.42 Å². The predicted molar refractivity (Wildman–Crippen MR) is 102 cm³/mol. The molecule has 2 heterocycles. The summed E-state index contributed by atoms with van der Waals surface area (Å²) >= 11 is 0. The van der Waals surface area contributed by atoms with Crippen LogP contribution in [0.15, 0.2) is 71.8 Å². The van der Waals surface area contributed by atoms with Crippen LogP contribution in [-0.4, -0.2) is 29.3 Å². The zero-order chi connectivity index (χ0) is 18.3. The van der Waals surface area contributed by atoms with Crippen molar-refractivity contribution in [3.63, 3.8) is 0 Å². The molecule has 0 bridgehead atoms. The third kappa shape index (κ3) is 2.88. The van der Waals surface area contributed by atoms with Crippen LogP contribution >= 0.6 is 0 Å². The van der Waals surface area contributed by atoms with Gasteiger partial charge in [-0.25, -0.2) is 8.42 Å². The molecular formula is C20H17N3O2S. The van der Waals surface area contributed by atoms with Crippen molar-refractivity contribution in [2.24, 2.45) is 0 Å². The molecule has 130 valence electrons. The van der Waals surface area contributed by atoms with E-state index in [1.807, 2.05) is 60.0 Å². The molecule has 0 saturated carbocycles. The Morgan fingerprint density at radius 3 is 2.46 bits per heavy atom. The molecule has 0 atom stereocenters. The molecule has 4 aromatic rings. The molecule has 0 aliphatic heterocycles. The quantitative estimate of drug-likeness (QED) is 0.556. The molecule has 0 aliphatic rings. The Labute approximate surface area is 151 Å². The van der Waals surface area contributed by atoms with E-state index < -0.39 is 9.84 Å². The molecule has 2 aromatic heterocycles. The van der Waals surface area contributed by atoms with Gasteiger partial charge in [-0.3, -0.25) is 4.40 Å². The highest BCUT2D eigenvalue weighted by molar-refractivity contribution is 7.90. The van der Waals surface area contributed by atoms with Gasteiger partial charge in [-0.2, -0.15) is 0 Å². The van der Waals surface area contributed by atoms with Crippen LogP contribution in [0.4, 0.5) is 0 Å². The van der Waals surface area contributed by atoms with Crippen LogP contribution in [0.25, 0.3) is 28.2 Å². The van der Waals surface area contributed by atoms with Crippen LogP contribution in [0.5, 0.6) is 0 Å². The monoisotopic (exact) mass is 363 g/mol. The molecule has 0 amide bonds. The largest absolute Gasteiger partial charge is 0.282 e. The summed E-state index contributed by atoms with van der Waals surface area (Å²) in [6.07, 6.45) is 3.16. The van der Waals surface area contributed by atoms with E-state index in [1.54, 1.807) is 18.2 Å². The van der Waals surface area contributed by atoms with Gasteiger partial charge in [0.2, 0.25) is 0 Å². The van der Waals surface area contributed by atoms with Gasteiger partial charge in [-0.1, -0.05) is 36.4 Å². The van der Waals surface area contributed by atoms with Crippen molar-refractivity contribution >= 4 is 15.5 Å². The standard InChI is InChI=1S/C20H17N3O2S/c1-14-6-3-4-9-18(14)20-22-21-19-11-10-16(13-23(19)20)15-7-5-8-17(12-15)26(2,24)25/h3-13H,1-2H3. The number of aromatic nitrogens is 3. The van der Waals surface area contributed by atoms with Crippen LogP contribution in [0.2, 0.25) is 0 Å². The van der Waals surface area contributed by atoms with Crippen molar-refractivity contribution in [1.29, 1.82) is 0 Å². The maximum Gasteiger partial charge on any atom is 0.175 e. The number of aryl methyl sites for hydroxylation is 1. The summed E-state index contributed by atoms with van der Waals surface area (Å²) in [6, 6.07) is 18.8. The summed E-state index contributed by atoms with van der Waals surface area (Å²) in [4.78, 5) is 0.304. The Kier molecular flexibility index (Phi) is 3.85. The molecule has 0 aliphatic carbocycles. The van der Waals surface area contributed by atoms with Gasteiger partial charge in [-0.05, 0) is 47.9 Å². The molecule has 0 spiro atoms. The summed E-state index contributed by atoms with van der Waals surface area (Å²) in [5.74, 6) is 0.763. The van der Waals surface area contributed by atoms with Gasteiger partial charge in [-0.15, -0.1) is 10.2 Å². The van der Waals surface area contributed by atoms with Crippen LogP contribution in [0.3, 0.4) is 0 Å². The maximum atomic E-state index is 11.8. The molecule has 0 N–H and O–H groups in total. The predicted octanol–water partition coefficient (Wildman–Crippen LogP) is 3.78. The van der Waals surface area contributed by atoms with Crippen LogP contribution in [-0.2, 0) is 9.84 Å². The van der Waals surface area contributed by atoms with E-state index in [2.05, 4.69) is 10.2 Å². The number of hydrogen-bond acceptors (Lipinski definition) is 4. The number of sulfone groups is 1. The number of hydrogen-bond donors (Lipinski definition) is 0. The summed E-state index contributed by atoms with van der Waals surface area (Å²) in [7, 11) is -3.25. The first-order chi connectivity index (χ1) is 12.4. The molecule has 0 fully saturated rings. The second kappa shape index (κ2) is 6.07. The van der Waals surface area contributed by atoms with E-state index in [1.165, 1.54) is 6.26 Å². The number of benzene rings is 2. The minimum atomic E-state index is -3.25. The van der Waals surface area contributed by atoms with Gasteiger partial charge in [0, 0.05) is 18.0 Å². The molecular weight excluding hydrogens is 346 g/mol. The van der Waals surface area contributed by atoms with E-state index in [0.717, 1.165) is 33.7 Å². The van der Waals surface area contributed by atoms with Gasteiger partial charge >= 0.3 is 0 Å². The molecule has 4 rings (SSSR count). The van der Waals surface area contributed by atoms with Crippen LogP contribution < -0.4 is 0 Å². The Hall–Kier alpha value is -2.99. The van der Waals surface area contributed by atoms with E-state index in [0.29, 0.717) is 4.90 Å². The SMILES string of the molecule is Cc1ccccc1-c1nnc2ccc(-c3cccc(S(C)(=O)=O)c3)cn12. The summed E-state index contributed by atoms with van der Waals surface area (Å²) < 4.78 is 25.6. The first-order valence-corrected chi connectivity index (χ1v) is 10.0. The van der Waals surface area contributed by atoms with Gasteiger partial charge in [0.15, 0.2) is 21.3 Å². The lowest BCUT2D eigenvalue weighted by Gasteiger charge is -2.07. The highest BCUT2D eigenvalue weighted by atomic mass is 32.2. The zero-order valence-corrected chi connectivity index (χ0v) is 15.2. The molecule has 6 heteroatoms. The van der Waals surface area contributed by atoms with Crippen molar-refractivity contribution in [3.8, 4) is 22.5 Å². The van der Waals surface area contributed by atoms with E-state index in [9.17, 15) is 8.42 Å². The number of fused-ring (bicyclic) bond motifs is 1. The Bertz CT molecular complexity index is 1230. The molecule has 0 unspecified atom stereocenters. The second-order valence-corrected chi connectivity index (χ2v) is 8.30. The lowest BCUT2D eigenvalue weighted by Crippen LogP contribution is -1.97. The molecule has 26 heavy (non-hydrogen) atoms. The summed E-state index contributed by atoms with van der Waals surface area (Å²) in [5.41, 5.74) is 4.61. The first-order valence-electron chi connectivity index (χ1n) is 8.15. The van der Waals surface area contributed by atoms with Crippen LogP contribution in [0.1, 0.15) is 5.56 Å². The number of rotatable bonds is 3. The van der Waals surface area contributed by atoms with Crippen molar-refractivity contribution in [2.45, 2.75) is 11.8 Å². The highest BCUT2D eigenvalue weighted by Gasteiger charge is 2.12. The minimum absolute atomic E-state index is 0.304. The fourth-order valence-corrected chi connectivity index (χ4v) is 3.64. The van der Waals surface area contributed by atoms with E-state index in [4.69, 9.17) is 0 Å². The average Bonchev–Trinajstić information content (AvgIpc) is 3.04. The van der Waals surface area contributed by atoms with Gasteiger partial charge in [0.25, 0.3) is 0 Å². The fraction of sp³-hybridized carbons (Fsp3) is 0.100. The Balaban J connectivity index is 1.89. The minimum Gasteiger partial charge on any atom is -0.282 e. The maximum absolute atomic E-state index is 11.8. The van der Waals surface area contributed by atoms with Crippen molar-refractivity contribution in [1.82, 2.24) is 14.6 Å². The fourth-order valence-electron chi connectivity index (χ4n) is 2.98.